The third-order valence-electron chi connectivity index (χ3n) is 9.14. The molecule has 5 N–H and O–H groups in total. The van der Waals surface area contributed by atoms with Gasteiger partial charge in [-0.05, 0) is 0 Å². The van der Waals surface area contributed by atoms with Crippen molar-refractivity contribution in [1.29, 1.82) is 0 Å². The molecule has 4 rings (SSSR count). The monoisotopic (exact) mass is 645 g/mol. The topological polar surface area (TPSA) is 143 Å². The van der Waals surface area contributed by atoms with Crippen LogP contribution in [0.3, 0.4) is 0 Å². The lowest BCUT2D eigenvalue weighted by atomic mass is 9.74. The van der Waals surface area contributed by atoms with E-state index in [1.54, 1.807) is 0 Å². The normalized spacial score (nSPS) is 30.9. The summed E-state index contributed by atoms with van der Waals surface area (Å²) < 4.78 is 36.6. The average molecular weight is 646 g/mol. The molecule has 4 aliphatic rings. The maximum atomic E-state index is 12.2. The van der Waals surface area contributed by atoms with Gasteiger partial charge in [0.15, 0.2) is 0 Å². The summed E-state index contributed by atoms with van der Waals surface area (Å²) in [7, 11) is 0. The molecular weight excluding hydrogens is 582 g/mol. The Kier molecular flexibility index (Phi) is 12.4. The zero-order chi connectivity index (χ0) is 32.9. The Morgan fingerprint density at radius 2 is 0.844 bits per heavy atom. The van der Waals surface area contributed by atoms with E-state index in [-0.39, 0.29) is 75.3 Å². The number of hydrogen-bond donors (Lipinski definition) is 5. The highest BCUT2D eigenvalue weighted by Gasteiger charge is 2.52. The van der Waals surface area contributed by atoms with Gasteiger partial charge in [-0.25, -0.2) is 0 Å². The highest BCUT2D eigenvalue weighted by molar-refractivity contribution is 5.07. The fourth-order valence-corrected chi connectivity index (χ4v) is 7.07. The summed E-state index contributed by atoms with van der Waals surface area (Å²) in [5.74, 6) is 0. The zero-order valence-corrected chi connectivity index (χ0v) is 28.9. The van der Waals surface area contributed by atoms with Gasteiger partial charge in [0.25, 0.3) is 0 Å². The third-order valence-corrected chi connectivity index (χ3v) is 9.14. The summed E-state index contributed by atoms with van der Waals surface area (Å²) in [5, 5.41) is 43.6. The number of hydrogen-bond acceptors (Lipinski definition) is 12. The van der Waals surface area contributed by atoms with Crippen molar-refractivity contribution in [2.45, 2.75) is 76.7 Å². The molecule has 0 radical (unpaired) electrons. The molecule has 0 aliphatic carbocycles. The first-order chi connectivity index (χ1) is 21.0. The van der Waals surface area contributed by atoms with Gasteiger partial charge < -0.3 is 54.4 Å². The van der Waals surface area contributed by atoms with Crippen molar-refractivity contribution in [3.05, 3.63) is 0 Å². The molecule has 0 aromatic rings. The highest BCUT2D eigenvalue weighted by Crippen LogP contribution is 2.38. The van der Waals surface area contributed by atoms with E-state index in [1.165, 1.54) is 0 Å². The summed E-state index contributed by atoms with van der Waals surface area (Å²) in [4.78, 5) is 2.21. The van der Waals surface area contributed by atoms with Crippen LogP contribution in [0.4, 0.5) is 0 Å². The van der Waals surface area contributed by atoms with E-state index in [1.807, 2.05) is 0 Å². The molecule has 4 heterocycles. The lowest BCUT2D eigenvalue weighted by Crippen LogP contribution is -2.68. The van der Waals surface area contributed by atoms with Crippen LogP contribution in [0.2, 0.25) is 0 Å². The first-order valence-electron chi connectivity index (χ1n) is 16.8. The molecule has 0 bridgehead atoms. The van der Waals surface area contributed by atoms with E-state index in [0.29, 0.717) is 65.8 Å². The Hall–Kier alpha value is -0.480. The fraction of sp³-hybridized carbons (Fsp3) is 1.00. The molecule has 0 aromatic heterocycles. The molecule has 12 nitrogen and oxygen atoms in total. The van der Waals surface area contributed by atoms with Crippen LogP contribution in [0.1, 0.15) is 54.4 Å². The summed E-state index contributed by atoms with van der Waals surface area (Å²) in [5.41, 5.74) is -5.34. The molecule has 0 amide bonds. The smallest absolute Gasteiger partial charge is 0.124 e. The van der Waals surface area contributed by atoms with E-state index < -0.39 is 22.3 Å². The molecule has 0 saturated carbocycles. The first-order valence-corrected chi connectivity index (χ1v) is 16.8. The maximum absolute atomic E-state index is 12.2. The first kappa shape index (κ1) is 37.3. The van der Waals surface area contributed by atoms with E-state index in [9.17, 15) is 15.3 Å². The molecule has 0 aromatic carbocycles. The number of ether oxygens (including phenoxy) is 6. The Morgan fingerprint density at radius 1 is 0.489 bits per heavy atom. The highest BCUT2D eigenvalue weighted by atomic mass is 16.5. The fourth-order valence-electron chi connectivity index (χ4n) is 7.07. The van der Waals surface area contributed by atoms with Crippen LogP contribution >= 0.6 is 0 Å². The van der Waals surface area contributed by atoms with E-state index >= 15 is 0 Å². The van der Waals surface area contributed by atoms with Gasteiger partial charge in [0.05, 0.1) is 79.3 Å². The molecule has 12 heteroatoms. The molecule has 4 saturated heterocycles. The van der Waals surface area contributed by atoms with Crippen molar-refractivity contribution in [1.82, 2.24) is 15.5 Å². The van der Waals surface area contributed by atoms with Gasteiger partial charge in [-0.2, -0.15) is 0 Å². The Labute approximate surface area is 270 Å². The van der Waals surface area contributed by atoms with E-state index in [2.05, 4.69) is 57.1 Å². The summed E-state index contributed by atoms with van der Waals surface area (Å²) in [6.45, 7) is 19.2. The van der Waals surface area contributed by atoms with Crippen LogP contribution in [0, 0.1) is 16.2 Å². The Bertz CT molecular complexity index is 855. The molecule has 45 heavy (non-hydrogen) atoms. The van der Waals surface area contributed by atoms with E-state index in [0.717, 1.165) is 6.54 Å². The van der Waals surface area contributed by atoms with Gasteiger partial charge in [-0.3, -0.25) is 4.90 Å². The number of nitrogens with one attached hydrogen (secondary N) is 2. The van der Waals surface area contributed by atoms with Crippen LogP contribution in [0.25, 0.3) is 0 Å². The average Bonchev–Trinajstić information content (AvgIpc) is 2.96. The SMILES string of the molecule is CC1(C)COCC(O)(CN2CCNCCNCC2(CC2(O)COCC(C)(C)COC2)CC2(O)COCC(C)(C)COC2)COC1. The molecular formula is C33H63N3O9. The predicted octanol–water partition coefficient (Wildman–Crippen LogP) is 0.413. The number of β-amino-alcohol motifs (C(OH)–C–C–N with tert-alkyl or cyclic N) is 1. The molecule has 0 atom stereocenters. The second kappa shape index (κ2) is 15.0. The van der Waals surface area contributed by atoms with Crippen molar-refractivity contribution in [3.8, 4) is 0 Å². The molecule has 0 spiro atoms. The minimum Gasteiger partial charge on any atom is -0.385 e. The maximum Gasteiger partial charge on any atom is 0.124 e. The summed E-state index contributed by atoms with van der Waals surface area (Å²) in [6, 6.07) is 0. The standard InChI is InChI=1S/C33H63N3O9/c1-27(2)15-40-21-31(37,22-41-16-27)11-30(12-32(38)23-42-17-28(3,4)18-43-24-32)13-35-8-7-34-9-10-36(30)14-33(39)25-44-19-29(5,6)20-45-26-33/h34-35,37-39H,7-26H2,1-6H3. The Balaban J connectivity index is 1.69. The second-order valence-electron chi connectivity index (χ2n) is 17.0. The quantitative estimate of drug-likeness (QED) is 0.273. The van der Waals surface area contributed by atoms with Gasteiger partial charge in [0.1, 0.15) is 16.8 Å². The predicted molar refractivity (Wildman–Crippen MR) is 170 cm³/mol. The zero-order valence-electron chi connectivity index (χ0n) is 28.9. The van der Waals surface area contributed by atoms with Crippen LogP contribution in [0.15, 0.2) is 0 Å². The number of rotatable bonds is 6. The third kappa shape index (κ3) is 11.3. The van der Waals surface area contributed by atoms with Gasteiger partial charge in [0.2, 0.25) is 0 Å². The van der Waals surface area contributed by atoms with Crippen molar-refractivity contribution in [3.63, 3.8) is 0 Å². The van der Waals surface area contributed by atoms with Crippen molar-refractivity contribution >= 4 is 0 Å². The molecule has 4 aliphatic heterocycles. The number of nitrogens with zero attached hydrogens (tertiary/aromatic N) is 1. The molecule has 264 valence electrons. The summed E-state index contributed by atoms with van der Waals surface area (Å²) >= 11 is 0. The minimum absolute atomic E-state index is 0.0927. The van der Waals surface area contributed by atoms with Crippen LogP contribution < -0.4 is 10.6 Å². The lowest BCUT2D eigenvalue weighted by molar-refractivity contribution is -0.196. The lowest BCUT2D eigenvalue weighted by Gasteiger charge is -2.53. The number of aliphatic hydroxyl groups is 3. The Morgan fingerprint density at radius 3 is 1.24 bits per heavy atom. The molecule has 4 fully saturated rings. The molecule has 0 unspecified atom stereocenters. The van der Waals surface area contributed by atoms with E-state index in [4.69, 9.17) is 28.4 Å². The van der Waals surface area contributed by atoms with Crippen LogP contribution in [0.5, 0.6) is 0 Å². The summed E-state index contributed by atoms with van der Waals surface area (Å²) in [6.07, 6.45) is 0.456. The van der Waals surface area contributed by atoms with Gasteiger partial charge in [0, 0.05) is 73.9 Å². The van der Waals surface area contributed by atoms with Gasteiger partial charge >= 0.3 is 0 Å². The van der Waals surface area contributed by atoms with Crippen molar-refractivity contribution < 1.29 is 43.7 Å². The van der Waals surface area contributed by atoms with Crippen molar-refractivity contribution in [2.24, 2.45) is 16.2 Å². The van der Waals surface area contributed by atoms with Crippen LogP contribution in [-0.2, 0) is 28.4 Å². The van der Waals surface area contributed by atoms with Crippen LogP contribution in [-0.4, -0.2) is 161 Å². The largest absolute Gasteiger partial charge is 0.385 e. The van der Waals surface area contributed by atoms with Gasteiger partial charge in [-0.15, -0.1) is 0 Å². The second-order valence-corrected chi connectivity index (χ2v) is 17.0. The minimum atomic E-state index is -1.35. The van der Waals surface area contributed by atoms with Crippen molar-refractivity contribution in [2.75, 3.05) is 119 Å². The van der Waals surface area contributed by atoms with Gasteiger partial charge in [-0.1, -0.05) is 41.5 Å².